The van der Waals surface area contributed by atoms with Crippen LogP contribution in [0.2, 0.25) is 0 Å². The van der Waals surface area contributed by atoms with Crippen LogP contribution in [0.25, 0.3) is 0 Å². The van der Waals surface area contributed by atoms with Gasteiger partial charge in [-0.25, -0.2) is 4.79 Å². The number of carbonyl (C=O) groups is 3. The van der Waals surface area contributed by atoms with Gasteiger partial charge >= 0.3 is 12.0 Å². The van der Waals surface area contributed by atoms with Gasteiger partial charge in [-0.1, -0.05) is 49.4 Å². The summed E-state index contributed by atoms with van der Waals surface area (Å²) in [5.41, 5.74) is 6.26. The Hall–Kier alpha value is -4.13. The number of amides is 3. The molecule has 0 fully saturated rings. The molecule has 1 unspecified atom stereocenters. The Bertz CT molecular complexity index is 1290. The zero-order valence-corrected chi connectivity index (χ0v) is 20.8. The summed E-state index contributed by atoms with van der Waals surface area (Å²) in [6.07, 6.45) is 1.14. The molecule has 7 nitrogen and oxygen atoms in total. The molecule has 0 aromatic heterocycles. The van der Waals surface area contributed by atoms with Crippen molar-refractivity contribution in [2.75, 3.05) is 28.7 Å². The average Bonchev–Trinajstić information content (AvgIpc) is 3.29. The first-order valence-corrected chi connectivity index (χ1v) is 12.1. The first kappa shape index (κ1) is 25.0. The van der Waals surface area contributed by atoms with Gasteiger partial charge in [-0.2, -0.15) is 0 Å². The van der Waals surface area contributed by atoms with E-state index in [0.717, 1.165) is 40.2 Å². The Labute approximate surface area is 211 Å². The molecule has 0 saturated carbocycles. The van der Waals surface area contributed by atoms with Crippen LogP contribution in [0, 0.1) is 6.92 Å². The van der Waals surface area contributed by atoms with Crippen molar-refractivity contribution < 1.29 is 19.5 Å². The van der Waals surface area contributed by atoms with Crippen LogP contribution in [-0.2, 0) is 22.4 Å². The molecule has 3 aromatic carbocycles. The summed E-state index contributed by atoms with van der Waals surface area (Å²) in [5, 5.41) is 12.0. The summed E-state index contributed by atoms with van der Waals surface area (Å²) in [6.45, 7) is 4.45. The van der Waals surface area contributed by atoms with Gasteiger partial charge in [0.15, 0.2) is 0 Å². The van der Waals surface area contributed by atoms with Gasteiger partial charge in [0.1, 0.15) is 0 Å². The lowest BCUT2D eigenvalue weighted by Crippen LogP contribution is -2.33. The fraction of sp³-hybridized carbons (Fsp3) is 0.276. The molecule has 4 rings (SSSR count). The quantitative estimate of drug-likeness (QED) is 0.471. The van der Waals surface area contributed by atoms with Crippen LogP contribution in [0.5, 0.6) is 0 Å². The van der Waals surface area contributed by atoms with E-state index in [1.54, 1.807) is 16.8 Å². The van der Waals surface area contributed by atoms with Crippen molar-refractivity contribution >= 4 is 35.0 Å². The first-order chi connectivity index (χ1) is 17.2. The van der Waals surface area contributed by atoms with E-state index < -0.39 is 5.97 Å². The van der Waals surface area contributed by atoms with Gasteiger partial charge in [-0.15, -0.1) is 0 Å². The predicted molar refractivity (Wildman–Crippen MR) is 142 cm³/mol. The largest absolute Gasteiger partial charge is 0.481 e. The zero-order valence-electron chi connectivity index (χ0n) is 20.8. The molecule has 2 N–H and O–H groups in total. The summed E-state index contributed by atoms with van der Waals surface area (Å²) in [7, 11) is 1.73. The highest BCUT2D eigenvalue weighted by molar-refractivity contribution is 6.03. The number of aryl methyl sites for hydroxylation is 1. The second-order valence-electron chi connectivity index (χ2n) is 9.33. The highest BCUT2D eigenvalue weighted by Crippen LogP contribution is 2.29. The van der Waals surface area contributed by atoms with Gasteiger partial charge in [0, 0.05) is 30.7 Å². The smallest absolute Gasteiger partial charge is 0.326 e. The molecule has 0 radical (unpaired) electrons. The molecule has 186 valence electrons. The van der Waals surface area contributed by atoms with Crippen molar-refractivity contribution in [2.24, 2.45) is 0 Å². The van der Waals surface area contributed by atoms with Crippen LogP contribution >= 0.6 is 0 Å². The lowest BCUT2D eigenvalue weighted by molar-refractivity contribution is -0.137. The number of rotatable bonds is 7. The number of fused-ring (bicyclic) bond motifs is 1. The molecule has 0 aliphatic carbocycles. The van der Waals surface area contributed by atoms with Crippen LogP contribution in [0.1, 0.15) is 41.5 Å². The number of carboxylic acids is 1. The van der Waals surface area contributed by atoms with Crippen molar-refractivity contribution in [2.45, 2.75) is 39.0 Å². The van der Waals surface area contributed by atoms with Gasteiger partial charge in [-0.05, 0) is 65.8 Å². The van der Waals surface area contributed by atoms with Gasteiger partial charge < -0.3 is 15.3 Å². The molecule has 1 aliphatic rings. The Morgan fingerprint density at radius 1 is 1.06 bits per heavy atom. The monoisotopic (exact) mass is 485 g/mol. The van der Waals surface area contributed by atoms with Crippen LogP contribution < -0.4 is 15.1 Å². The van der Waals surface area contributed by atoms with Crippen LogP contribution in [0.4, 0.5) is 21.9 Å². The van der Waals surface area contributed by atoms with Crippen LogP contribution in [0.15, 0.2) is 66.7 Å². The van der Waals surface area contributed by atoms with E-state index >= 15 is 0 Å². The minimum absolute atomic E-state index is 0.0637. The zero-order chi connectivity index (χ0) is 25.8. The predicted octanol–water partition coefficient (Wildman–Crippen LogP) is 5.37. The third-order valence-electron chi connectivity index (χ3n) is 6.72. The summed E-state index contributed by atoms with van der Waals surface area (Å²) in [4.78, 5) is 40.1. The van der Waals surface area contributed by atoms with Crippen LogP contribution in [-0.4, -0.2) is 36.6 Å². The molecular weight excluding hydrogens is 454 g/mol. The maximum atomic E-state index is 12.9. The van der Waals surface area contributed by atoms with E-state index in [0.29, 0.717) is 6.54 Å². The third-order valence-corrected chi connectivity index (χ3v) is 6.72. The number of anilines is 3. The molecule has 0 bridgehead atoms. The number of benzene rings is 3. The molecule has 1 aliphatic heterocycles. The van der Waals surface area contributed by atoms with E-state index in [2.05, 4.69) is 5.32 Å². The topological polar surface area (TPSA) is 90.0 Å². The summed E-state index contributed by atoms with van der Waals surface area (Å²) in [6, 6.07) is 20.8. The third kappa shape index (κ3) is 5.57. The molecule has 3 amide bonds. The summed E-state index contributed by atoms with van der Waals surface area (Å²) < 4.78 is 0. The number of nitrogens with zero attached hydrogens (tertiary/aromatic N) is 2. The van der Waals surface area contributed by atoms with E-state index in [4.69, 9.17) is 5.11 Å². The molecule has 0 saturated heterocycles. The summed E-state index contributed by atoms with van der Waals surface area (Å²) in [5.74, 6) is -0.993. The Morgan fingerprint density at radius 3 is 2.47 bits per heavy atom. The number of likely N-dealkylation sites (N-methyl/N-ethyl adjacent to an activating group) is 1. The second-order valence-corrected chi connectivity index (χ2v) is 9.33. The van der Waals surface area contributed by atoms with Crippen molar-refractivity contribution in [1.82, 2.24) is 0 Å². The SMILES string of the molecule is Cc1cc(CC(=O)N(C)c2ccc(C(C)CC(=O)O)cc2)ccc1NC(=O)N1CCc2ccccc21. The van der Waals surface area contributed by atoms with E-state index in [1.807, 2.05) is 80.6 Å². The average molecular weight is 486 g/mol. The lowest BCUT2D eigenvalue weighted by atomic mass is 9.97. The van der Waals surface area contributed by atoms with Crippen molar-refractivity contribution in [3.63, 3.8) is 0 Å². The molecular formula is C29H31N3O4. The summed E-state index contributed by atoms with van der Waals surface area (Å²) >= 11 is 0. The maximum absolute atomic E-state index is 12.9. The van der Waals surface area contributed by atoms with Crippen molar-refractivity contribution in [1.29, 1.82) is 0 Å². The van der Waals surface area contributed by atoms with Gasteiger partial charge in [0.2, 0.25) is 5.91 Å². The van der Waals surface area contributed by atoms with Gasteiger partial charge in [-0.3, -0.25) is 14.5 Å². The number of urea groups is 1. The van der Waals surface area contributed by atoms with Crippen molar-refractivity contribution in [3.8, 4) is 0 Å². The fourth-order valence-electron chi connectivity index (χ4n) is 4.55. The van der Waals surface area contributed by atoms with Gasteiger partial charge in [0.25, 0.3) is 0 Å². The standard InChI is InChI=1S/C29H31N3O4/c1-19(17-28(34)35)22-9-11-24(12-10-22)31(3)27(33)18-21-8-13-25(20(2)16-21)30-29(36)32-15-14-23-6-4-5-7-26(23)32/h4-13,16,19H,14-15,17-18H2,1-3H3,(H,30,36)(H,34,35). The van der Waals surface area contributed by atoms with E-state index in [9.17, 15) is 14.4 Å². The molecule has 0 spiro atoms. The van der Waals surface area contributed by atoms with E-state index in [1.165, 1.54) is 5.56 Å². The number of hydrogen-bond donors (Lipinski definition) is 2. The highest BCUT2D eigenvalue weighted by atomic mass is 16.4. The Morgan fingerprint density at radius 2 is 1.78 bits per heavy atom. The Kier molecular flexibility index (Phi) is 7.38. The molecule has 7 heteroatoms. The van der Waals surface area contributed by atoms with Crippen molar-refractivity contribution in [3.05, 3.63) is 89.0 Å². The first-order valence-electron chi connectivity index (χ1n) is 12.1. The van der Waals surface area contributed by atoms with Crippen LogP contribution in [0.3, 0.4) is 0 Å². The number of hydrogen-bond acceptors (Lipinski definition) is 3. The number of carbonyl (C=O) groups excluding carboxylic acids is 2. The number of aliphatic carboxylic acids is 1. The molecule has 1 heterocycles. The maximum Gasteiger partial charge on any atom is 0.326 e. The number of para-hydroxylation sites is 1. The molecule has 1 atom stereocenters. The molecule has 3 aromatic rings. The minimum Gasteiger partial charge on any atom is -0.481 e. The van der Waals surface area contributed by atoms with E-state index in [-0.39, 0.29) is 30.7 Å². The normalized spacial score (nSPS) is 13.1. The number of carboxylic acid groups (broad SMARTS) is 1. The lowest BCUT2D eigenvalue weighted by Gasteiger charge is -2.20. The number of nitrogens with one attached hydrogen (secondary N) is 1. The Balaban J connectivity index is 1.37. The molecule has 36 heavy (non-hydrogen) atoms. The fourth-order valence-corrected chi connectivity index (χ4v) is 4.55. The minimum atomic E-state index is -0.832. The second kappa shape index (κ2) is 10.6. The van der Waals surface area contributed by atoms with Gasteiger partial charge in [0.05, 0.1) is 12.8 Å². The highest BCUT2D eigenvalue weighted by Gasteiger charge is 2.24.